The van der Waals surface area contributed by atoms with Gasteiger partial charge in [-0.15, -0.1) is 0 Å². The molecule has 51 valence electrons. The summed E-state index contributed by atoms with van der Waals surface area (Å²) in [6.45, 7) is 1.80. The van der Waals surface area contributed by atoms with Gasteiger partial charge in [-0.05, 0) is 18.6 Å². The number of pyridine rings is 1. The fourth-order valence-electron chi connectivity index (χ4n) is 0.641. The molecule has 3 heteroatoms. The number of rotatable bonds is 1. The van der Waals surface area contributed by atoms with Gasteiger partial charge in [-0.3, -0.25) is 9.78 Å². The number of hydrogen-bond acceptors (Lipinski definition) is 2. The highest BCUT2D eigenvalue weighted by atomic mass is 16.1. The predicted molar refractivity (Wildman–Crippen MR) is 36.3 cm³/mol. The summed E-state index contributed by atoms with van der Waals surface area (Å²) in [4.78, 5) is 14.2. The van der Waals surface area contributed by atoms with Gasteiger partial charge in [0.15, 0.2) is 0 Å². The lowest BCUT2D eigenvalue weighted by molar-refractivity contribution is 0.1000. The van der Waals surface area contributed by atoms with Gasteiger partial charge in [-0.2, -0.15) is 0 Å². The molecular formula is C7H7N2O. The summed E-state index contributed by atoms with van der Waals surface area (Å²) >= 11 is 0. The SMILES string of the molecule is Cc1[c]ncc(C(N)=O)c1. The van der Waals surface area contributed by atoms with Crippen molar-refractivity contribution in [2.75, 3.05) is 0 Å². The van der Waals surface area contributed by atoms with Crippen LogP contribution >= 0.6 is 0 Å². The molecule has 2 N–H and O–H groups in total. The van der Waals surface area contributed by atoms with Crippen molar-refractivity contribution >= 4 is 5.91 Å². The van der Waals surface area contributed by atoms with Crippen LogP contribution in [-0.4, -0.2) is 10.9 Å². The number of primary amides is 1. The average molecular weight is 135 g/mol. The van der Waals surface area contributed by atoms with E-state index in [1.807, 2.05) is 0 Å². The first-order valence-corrected chi connectivity index (χ1v) is 2.84. The summed E-state index contributed by atoms with van der Waals surface area (Å²) in [6.07, 6.45) is 4.07. The van der Waals surface area contributed by atoms with Crippen molar-refractivity contribution < 1.29 is 4.79 Å². The lowest BCUT2D eigenvalue weighted by Crippen LogP contribution is -2.11. The molecule has 1 aromatic rings. The average Bonchev–Trinajstić information content (AvgIpc) is 1.88. The highest BCUT2D eigenvalue weighted by molar-refractivity contribution is 5.92. The standard InChI is InChI=1S/C7H7N2O/c1-5-2-6(7(8)10)4-9-3-5/h2,4H,1H3,(H2,8,10). The number of carbonyl (C=O) groups excluding carboxylic acids is 1. The quantitative estimate of drug-likeness (QED) is 0.601. The molecule has 3 nitrogen and oxygen atoms in total. The smallest absolute Gasteiger partial charge is 0.250 e. The second-order valence-corrected chi connectivity index (χ2v) is 2.02. The Bertz CT molecular complexity index is 258. The number of amides is 1. The number of nitrogens with zero attached hydrogens (tertiary/aromatic N) is 1. The van der Waals surface area contributed by atoms with Gasteiger partial charge >= 0.3 is 0 Å². The summed E-state index contributed by atoms with van der Waals surface area (Å²) in [5.41, 5.74) is 6.23. The van der Waals surface area contributed by atoms with Crippen LogP contribution in [0.2, 0.25) is 0 Å². The first kappa shape index (κ1) is 6.74. The normalized spacial score (nSPS) is 9.30. The fourth-order valence-corrected chi connectivity index (χ4v) is 0.641. The Kier molecular flexibility index (Phi) is 1.67. The molecule has 0 unspecified atom stereocenters. The van der Waals surface area contributed by atoms with Crippen LogP contribution in [0.3, 0.4) is 0 Å². The second-order valence-electron chi connectivity index (χ2n) is 2.02. The third-order valence-electron chi connectivity index (χ3n) is 1.10. The van der Waals surface area contributed by atoms with Crippen LogP contribution < -0.4 is 5.73 Å². The van der Waals surface area contributed by atoms with Crippen molar-refractivity contribution in [3.05, 3.63) is 29.6 Å². The van der Waals surface area contributed by atoms with Gasteiger partial charge in [0.1, 0.15) is 0 Å². The fraction of sp³-hybridized carbons (Fsp3) is 0.143. The van der Waals surface area contributed by atoms with E-state index in [4.69, 9.17) is 5.73 Å². The van der Waals surface area contributed by atoms with E-state index < -0.39 is 5.91 Å². The van der Waals surface area contributed by atoms with Crippen molar-refractivity contribution in [3.8, 4) is 0 Å². The zero-order valence-corrected chi connectivity index (χ0v) is 5.59. The molecule has 0 aliphatic rings. The molecular weight excluding hydrogens is 128 g/mol. The van der Waals surface area contributed by atoms with Gasteiger partial charge in [0.25, 0.3) is 0 Å². The van der Waals surface area contributed by atoms with E-state index in [2.05, 4.69) is 11.2 Å². The number of hydrogen-bond donors (Lipinski definition) is 1. The maximum Gasteiger partial charge on any atom is 0.250 e. The predicted octanol–water partition coefficient (Wildman–Crippen LogP) is 0.289. The van der Waals surface area contributed by atoms with E-state index in [0.29, 0.717) is 5.56 Å². The van der Waals surface area contributed by atoms with Crippen LogP contribution in [0, 0.1) is 13.1 Å². The van der Waals surface area contributed by atoms with Crippen molar-refractivity contribution in [2.45, 2.75) is 6.92 Å². The van der Waals surface area contributed by atoms with Gasteiger partial charge in [-0.25, -0.2) is 0 Å². The Labute approximate surface area is 58.9 Å². The molecule has 0 saturated carbocycles. The molecule has 0 fully saturated rings. The van der Waals surface area contributed by atoms with E-state index in [1.54, 1.807) is 13.0 Å². The van der Waals surface area contributed by atoms with Gasteiger partial charge < -0.3 is 5.73 Å². The summed E-state index contributed by atoms with van der Waals surface area (Å²) in [7, 11) is 0. The summed E-state index contributed by atoms with van der Waals surface area (Å²) in [5.74, 6) is -0.454. The molecule has 0 aliphatic heterocycles. The van der Waals surface area contributed by atoms with Crippen LogP contribution in [-0.2, 0) is 0 Å². The first-order valence-electron chi connectivity index (χ1n) is 2.84. The summed E-state index contributed by atoms with van der Waals surface area (Å²) < 4.78 is 0. The minimum absolute atomic E-state index is 0.427. The molecule has 1 radical (unpaired) electrons. The maximum atomic E-state index is 10.5. The van der Waals surface area contributed by atoms with Gasteiger partial charge in [0, 0.05) is 6.20 Å². The second kappa shape index (κ2) is 2.47. The molecule has 0 bridgehead atoms. The topological polar surface area (TPSA) is 56.0 Å². The molecule has 1 aromatic heterocycles. The van der Waals surface area contributed by atoms with Gasteiger partial charge in [0.2, 0.25) is 5.91 Å². The highest BCUT2D eigenvalue weighted by Gasteiger charge is 1.98. The van der Waals surface area contributed by atoms with E-state index in [1.165, 1.54) is 6.20 Å². The van der Waals surface area contributed by atoms with Crippen LogP contribution in [0.4, 0.5) is 0 Å². The molecule has 0 aromatic carbocycles. The minimum atomic E-state index is -0.454. The Hall–Kier alpha value is -1.38. The van der Waals surface area contributed by atoms with Gasteiger partial charge in [0.05, 0.1) is 11.8 Å². The highest BCUT2D eigenvalue weighted by Crippen LogP contribution is 1.98. The van der Waals surface area contributed by atoms with Crippen LogP contribution in [0.5, 0.6) is 0 Å². The molecule has 10 heavy (non-hydrogen) atoms. The first-order chi connectivity index (χ1) is 4.70. The van der Waals surface area contributed by atoms with Crippen LogP contribution in [0.1, 0.15) is 15.9 Å². The molecule has 1 rings (SSSR count). The summed E-state index contributed by atoms with van der Waals surface area (Å²) in [5, 5.41) is 0. The molecule has 1 heterocycles. The Morgan fingerprint density at radius 3 is 2.90 bits per heavy atom. The Balaban J connectivity index is 3.07. The summed E-state index contributed by atoms with van der Waals surface area (Å²) in [6, 6.07) is 1.65. The Morgan fingerprint density at radius 1 is 1.80 bits per heavy atom. The zero-order chi connectivity index (χ0) is 7.56. The van der Waals surface area contributed by atoms with Crippen LogP contribution in [0.25, 0.3) is 0 Å². The van der Waals surface area contributed by atoms with Gasteiger partial charge in [-0.1, -0.05) is 0 Å². The van der Waals surface area contributed by atoms with E-state index in [-0.39, 0.29) is 0 Å². The van der Waals surface area contributed by atoms with Crippen molar-refractivity contribution in [2.24, 2.45) is 5.73 Å². The number of aryl methyl sites for hydroxylation is 1. The molecule has 1 amide bonds. The number of carbonyl (C=O) groups is 1. The van der Waals surface area contributed by atoms with E-state index in [0.717, 1.165) is 5.56 Å². The Morgan fingerprint density at radius 2 is 2.50 bits per heavy atom. The minimum Gasteiger partial charge on any atom is -0.366 e. The molecule has 0 spiro atoms. The maximum absolute atomic E-state index is 10.5. The van der Waals surface area contributed by atoms with Crippen molar-refractivity contribution in [1.29, 1.82) is 0 Å². The van der Waals surface area contributed by atoms with Crippen molar-refractivity contribution in [3.63, 3.8) is 0 Å². The third-order valence-corrected chi connectivity index (χ3v) is 1.10. The molecule has 0 atom stereocenters. The number of aromatic nitrogens is 1. The lowest BCUT2D eigenvalue weighted by atomic mass is 10.2. The number of nitrogens with two attached hydrogens (primary N) is 1. The van der Waals surface area contributed by atoms with Crippen molar-refractivity contribution in [1.82, 2.24) is 4.98 Å². The van der Waals surface area contributed by atoms with E-state index in [9.17, 15) is 4.79 Å². The largest absolute Gasteiger partial charge is 0.366 e. The lowest BCUT2D eigenvalue weighted by Gasteiger charge is -1.93. The molecule has 0 saturated heterocycles. The zero-order valence-electron chi connectivity index (χ0n) is 5.59. The third kappa shape index (κ3) is 1.31. The van der Waals surface area contributed by atoms with Crippen LogP contribution in [0.15, 0.2) is 12.3 Å². The monoisotopic (exact) mass is 135 g/mol. The van der Waals surface area contributed by atoms with E-state index >= 15 is 0 Å². The molecule has 0 aliphatic carbocycles.